The zero-order valence-electron chi connectivity index (χ0n) is 11.9. The summed E-state index contributed by atoms with van der Waals surface area (Å²) in [5.74, 6) is 0. The molecule has 0 aliphatic heterocycles. The van der Waals surface area contributed by atoms with Gasteiger partial charge in [-0.05, 0) is 44.0 Å². The fourth-order valence-corrected chi connectivity index (χ4v) is 2.21. The summed E-state index contributed by atoms with van der Waals surface area (Å²) < 4.78 is 0. The minimum absolute atomic E-state index is 0.155. The second kappa shape index (κ2) is 5.74. The molecule has 0 saturated heterocycles. The summed E-state index contributed by atoms with van der Waals surface area (Å²) in [7, 11) is 0. The van der Waals surface area contributed by atoms with Crippen LogP contribution in [0, 0.1) is 30.9 Å². The Bertz CT molecular complexity index is 651. The second-order valence-electron chi connectivity index (χ2n) is 5.04. The van der Waals surface area contributed by atoms with E-state index in [1.54, 1.807) is 19.1 Å². The second-order valence-corrected chi connectivity index (χ2v) is 5.04. The van der Waals surface area contributed by atoms with Gasteiger partial charge in [0.15, 0.2) is 0 Å². The van der Waals surface area contributed by atoms with E-state index in [1.807, 2.05) is 6.07 Å². The van der Waals surface area contributed by atoms with Gasteiger partial charge in [-0.25, -0.2) is 0 Å². The van der Waals surface area contributed by atoms with E-state index in [2.05, 4.69) is 37.4 Å². The molecule has 0 bridgehead atoms. The molecule has 4 nitrogen and oxygen atoms in total. The van der Waals surface area contributed by atoms with Gasteiger partial charge in [-0.1, -0.05) is 23.8 Å². The largest absolute Gasteiger partial charge is 0.381 e. The molecule has 20 heavy (non-hydrogen) atoms. The van der Waals surface area contributed by atoms with Crippen LogP contribution in [-0.4, -0.2) is 4.92 Å². The van der Waals surface area contributed by atoms with Crippen LogP contribution in [0.25, 0.3) is 0 Å². The number of hydrogen-bond acceptors (Lipinski definition) is 3. The molecule has 0 heterocycles. The Balaban J connectivity index is 2.11. The molecule has 0 saturated carbocycles. The average Bonchev–Trinajstić information content (AvgIpc) is 2.37. The number of aryl methyl sites for hydroxylation is 3. The Hall–Kier alpha value is -2.36. The molecule has 0 aliphatic rings. The third kappa shape index (κ3) is 3.15. The van der Waals surface area contributed by atoms with Gasteiger partial charge in [-0.3, -0.25) is 10.1 Å². The highest BCUT2D eigenvalue weighted by molar-refractivity contribution is 5.54. The summed E-state index contributed by atoms with van der Waals surface area (Å²) in [6.07, 6.45) is 0. The van der Waals surface area contributed by atoms with Crippen molar-refractivity contribution < 1.29 is 4.92 Å². The van der Waals surface area contributed by atoms with Gasteiger partial charge in [0.05, 0.1) is 4.92 Å². The molecule has 0 unspecified atom stereocenters. The van der Waals surface area contributed by atoms with Gasteiger partial charge in [0.1, 0.15) is 0 Å². The van der Waals surface area contributed by atoms with E-state index in [9.17, 15) is 10.1 Å². The first kappa shape index (κ1) is 14.1. The van der Waals surface area contributed by atoms with E-state index < -0.39 is 0 Å². The van der Waals surface area contributed by atoms with Crippen LogP contribution in [0.2, 0.25) is 0 Å². The molecule has 0 aromatic heterocycles. The van der Waals surface area contributed by atoms with Crippen molar-refractivity contribution in [1.82, 2.24) is 0 Å². The first-order valence-electron chi connectivity index (χ1n) is 6.52. The first-order valence-corrected chi connectivity index (χ1v) is 6.52. The number of nitro benzene ring substituents is 1. The molecule has 0 fully saturated rings. The summed E-state index contributed by atoms with van der Waals surface area (Å²) in [5, 5.41) is 14.1. The number of anilines is 1. The Labute approximate surface area is 118 Å². The van der Waals surface area contributed by atoms with Gasteiger partial charge < -0.3 is 5.32 Å². The number of hydrogen-bond donors (Lipinski definition) is 1. The normalized spacial score (nSPS) is 10.3. The summed E-state index contributed by atoms with van der Waals surface area (Å²) in [5.41, 5.74) is 5.44. The molecule has 0 amide bonds. The highest BCUT2D eigenvalue weighted by atomic mass is 16.6. The fraction of sp³-hybridized carbons (Fsp3) is 0.250. The Morgan fingerprint density at radius 1 is 1.05 bits per heavy atom. The van der Waals surface area contributed by atoms with Crippen molar-refractivity contribution in [2.24, 2.45) is 0 Å². The van der Waals surface area contributed by atoms with Gasteiger partial charge in [0.2, 0.25) is 0 Å². The van der Waals surface area contributed by atoms with Crippen LogP contribution in [-0.2, 0) is 6.54 Å². The molecule has 0 spiro atoms. The molecule has 2 aromatic rings. The van der Waals surface area contributed by atoms with Gasteiger partial charge in [0.25, 0.3) is 5.69 Å². The SMILES string of the molecule is Cc1ccc(CNc2ccc([N+](=O)[O-])c(C)c2)c(C)c1. The van der Waals surface area contributed by atoms with Crippen LogP contribution in [0.1, 0.15) is 22.3 Å². The Kier molecular flexibility index (Phi) is 4.03. The zero-order valence-corrected chi connectivity index (χ0v) is 11.9. The molecule has 0 atom stereocenters. The maximum absolute atomic E-state index is 10.8. The number of nitrogens with zero attached hydrogens (tertiary/aromatic N) is 1. The molecular weight excluding hydrogens is 252 g/mol. The zero-order chi connectivity index (χ0) is 14.7. The van der Waals surface area contributed by atoms with E-state index in [1.165, 1.54) is 16.7 Å². The maximum atomic E-state index is 10.8. The third-order valence-electron chi connectivity index (χ3n) is 3.37. The summed E-state index contributed by atoms with van der Waals surface area (Å²) in [4.78, 5) is 10.4. The summed E-state index contributed by atoms with van der Waals surface area (Å²) in [6, 6.07) is 11.4. The average molecular weight is 270 g/mol. The number of rotatable bonds is 4. The smallest absolute Gasteiger partial charge is 0.272 e. The van der Waals surface area contributed by atoms with E-state index in [0.29, 0.717) is 12.1 Å². The van der Waals surface area contributed by atoms with Gasteiger partial charge in [-0.2, -0.15) is 0 Å². The van der Waals surface area contributed by atoms with E-state index >= 15 is 0 Å². The van der Waals surface area contributed by atoms with Gasteiger partial charge in [0, 0.05) is 23.9 Å². The van der Waals surface area contributed by atoms with Crippen molar-refractivity contribution >= 4 is 11.4 Å². The lowest BCUT2D eigenvalue weighted by Gasteiger charge is -2.10. The van der Waals surface area contributed by atoms with E-state index in [-0.39, 0.29) is 10.6 Å². The van der Waals surface area contributed by atoms with Crippen LogP contribution in [0.5, 0.6) is 0 Å². The number of nitro groups is 1. The Morgan fingerprint density at radius 2 is 1.80 bits per heavy atom. The summed E-state index contributed by atoms with van der Waals surface area (Å²) >= 11 is 0. The molecular formula is C16H18N2O2. The van der Waals surface area contributed by atoms with Gasteiger partial charge in [-0.15, -0.1) is 0 Å². The first-order chi connectivity index (χ1) is 9.47. The predicted molar refractivity (Wildman–Crippen MR) is 81.1 cm³/mol. The standard InChI is InChI=1S/C16H18N2O2/c1-11-4-5-14(12(2)8-11)10-17-15-6-7-16(18(19)20)13(3)9-15/h4-9,17H,10H2,1-3H3. The van der Waals surface area contributed by atoms with Gasteiger partial charge >= 0.3 is 0 Å². The number of benzene rings is 2. The minimum atomic E-state index is -0.358. The molecule has 0 aliphatic carbocycles. The van der Waals surface area contributed by atoms with Crippen molar-refractivity contribution in [3.05, 3.63) is 68.8 Å². The monoisotopic (exact) mass is 270 g/mol. The molecule has 2 rings (SSSR count). The van der Waals surface area contributed by atoms with Crippen LogP contribution >= 0.6 is 0 Å². The lowest BCUT2D eigenvalue weighted by atomic mass is 10.1. The third-order valence-corrected chi connectivity index (χ3v) is 3.37. The predicted octanol–water partition coefficient (Wildman–Crippen LogP) is 4.13. The van der Waals surface area contributed by atoms with Crippen LogP contribution in [0.3, 0.4) is 0 Å². The van der Waals surface area contributed by atoms with Crippen molar-refractivity contribution in [1.29, 1.82) is 0 Å². The number of nitrogens with one attached hydrogen (secondary N) is 1. The lowest BCUT2D eigenvalue weighted by molar-refractivity contribution is -0.385. The van der Waals surface area contributed by atoms with Crippen LogP contribution in [0.4, 0.5) is 11.4 Å². The molecule has 4 heteroatoms. The fourth-order valence-electron chi connectivity index (χ4n) is 2.21. The summed E-state index contributed by atoms with van der Waals surface area (Å²) in [6.45, 7) is 6.62. The minimum Gasteiger partial charge on any atom is -0.381 e. The lowest BCUT2D eigenvalue weighted by Crippen LogP contribution is -2.02. The van der Waals surface area contributed by atoms with Crippen molar-refractivity contribution in [2.45, 2.75) is 27.3 Å². The maximum Gasteiger partial charge on any atom is 0.272 e. The van der Waals surface area contributed by atoms with Crippen molar-refractivity contribution in [3.8, 4) is 0 Å². The topological polar surface area (TPSA) is 55.2 Å². The molecule has 2 aromatic carbocycles. The quantitative estimate of drug-likeness (QED) is 0.671. The Morgan fingerprint density at radius 3 is 2.40 bits per heavy atom. The molecule has 104 valence electrons. The highest BCUT2D eigenvalue weighted by Gasteiger charge is 2.10. The highest BCUT2D eigenvalue weighted by Crippen LogP contribution is 2.22. The molecule has 1 N–H and O–H groups in total. The van der Waals surface area contributed by atoms with Crippen LogP contribution < -0.4 is 5.32 Å². The van der Waals surface area contributed by atoms with Crippen molar-refractivity contribution in [3.63, 3.8) is 0 Å². The molecule has 0 radical (unpaired) electrons. The van der Waals surface area contributed by atoms with E-state index in [4.69, 9.17) is 0 Å². The van der Waals surface area contributed by atoms with E-state index in [0.717, 1.165) is 5.69 Å². The van der Waals surface area contributed by atoms with Crippen LogP contribution in [0.15, 0.2) is 36.4 Å². The van der Waals surface area contributed by atoms with Crippen molar-refractivity contribution in [2.75, 3.05) is 5.32 Å².